The minimum Gasteiger partial charge on any atom is -0.477 e. The Kier molecular flexibility index (Phi) is 4.38. The van der Waals surface area contributed by atoms with E-state index in [1.165, 1.54) is 29.5 Å². The number of fused-ring (bicyclic) bond motifs is 1. The van der Waals surface area contributed by atoms with Crippen molar-refractivity contribution in [3.05, 3.63) is 65.3 Å². The molecule has 0 aliphatic carbocycles. The molecule has 0 radical (unpaired) electrons. The van der Waals surface area contributed by atoms with E-state index in [-0.39, 0.29) is 11.5 Å². The normalized spacial score (nSPS) is 14.1. The monoisotopic (exact) mass is 369 g/mol. The quantitative estimate of drug-likeness (QED) is 0.707. The van der Waals surface area contributed by atoms with Gasteiger partial charge in [-0.3, -0.25) is 0 Å². The molecule has 1 N–H and O–H groups in total. The van der Waals surface area contributed by atoms with Gasteiger partial charge in [0.25, 0.3) is 0 Å². The second-order valence-electron chi connectivity index (χ2n) is 6.11. The average Bonchev–Trinajstić information content (AvgIpc) is 3.07. The zero-order chi connectivity index (χ0) is 18.1. The Bertz CT molecular complexity index is 1020. The van der Waals surface area contributed by atoms with Gasteiger partial charge in [0.1, 0.15) is 11.5 Å². The van der Waals surface area contributed by atoms with Gasteiger partial charge in [-0.1, -0.05) is 29.6 Å². The van der Waals surface area contributed by atoms with Gasteiger partial charge in [0.2, 0.25) is 0 Å². The van der Waals surface area contributed by atoms with Gasteiger partial charge in [0.15, 0.2) is 5.13 Å². The van der Waals surface area contributed by atoms with Crippen LogP contribution in [0.2, 0.25) is 0 Å². The SMILES string of the molecule is O=C(O)c1cccc(Cc2cc(F)cc3sc(N4CC=CCC4)nc23)n1. The Morgan fingerprint density at radius 3 is 2.92 bits per heavy atom. The van der Waals surface area contributed by atoms with Crippen molar-refractivity contribution in [3.8, 4) is 0 Å². The van der Waals surface area contributed by atoms with Crippen molar-refractivity contribution in [2.24, 2.45) is 0 Å². The molecule has 1 aromatic carbocycles. The maximum Gasteiger partial charge on any atom is 0.354 e. The standard InChI is InChI=1S/C19H16FN3O2S/c20-13-9-12(10-14-5-4-6-15(21-14)18(24)25)17-16(11-13)26-19(22-17)23-7-2-1-3-8-23/h1-2,4-6,9,11H,3,7-8,10H2,(H,24,25). The Balaban J connectivity index is 1.72. The van der Waals surface area contributed by atoms with Crippen molar-refractivity contribution in [2.75, 3.05) is 18.0 Å². The lowest BCUT2D eigenvalue weighted by Gasteiger charge is -2.22. The fourth-order valence-electron chi connectivity index (χ4n) is 3.03. The molecule has 0 bridgehead atoms. The van der Waals surface area contributed by atoms with Crippen LogP contribution in [0.15, 0.2) is 42.5 Å². The third kappa shape index (κ3) is 3.30. The number of pyridine rings is 1. The van der Waals surface area contributed by atoms with Gasteiger partial charge >= 0.3 is 5.97 Å². The minimum absolute atomic E-state index is 0.0192. The predicted molar refractivity (Wildman–Crippen MR) is 99.6 cm³/mol. The van der Waals surface area contributed by atoms with Crippen LogP contribution in [0, 0.1) is 5.82 Å². The molecule has 0 atom stereocenters. The molecular formula is C19H16FN3O2S. The highest BCUT2D eigenvalue weighted by atomic mass is 32.1. The van der Waals surface area contributed by atoms with Gasteiger partial charge in [0, 0.05) is 25.2 Å². The molecule has 3 aromatic rings. The third-order valence-electron chi connectivity index (χ3n) is 4.25. The fraction of sp³-hybridized carbons (Fsp3) is 0.211. The zero-order valence-electron chi connectivity index (χ0n) is 13.9. The summed E-state index contributed by atoms with van der Waals surface area (Å²) < 4.78 is 14.9. The van der Waals surface area contributed by atoms with Crippen LogP contribution in [0.1, 0.15) is 28.2 Å². The highest BCUT2D eigenvalue weighted by molar-refractivity contribution is 7.22. The Hall–Kier alpha value is -2.80. The van der Waals surface area contributed by atoms with Crippen molar-refractivity contribution in [2.45, 2.75) is 12.8 Å². The summed E-state index contributed by atoms with van der Waals surface area (Å²) in [4.78, 5) is 22.1. The molecule has 0 fully saturated rings. The lowest BCUT2D eigenvalue weighted by molar-refractivity contribution is 0.0690. The number of hydrogen-bond acceptors (Lipinski definition) is 5. The smallest absolute Gasteiger partial charge is 0.354 e. The van der Waals surface area contributed by atoms with Crippen LogP contribution >= 0.6 is 11.3 Å². The van der Waals surface area contributed by atoms with Gasteiger partial charge in [0.05, 0.1) is 10.2 Å². The van der Waals surface area contributed by atoms with E-state index in [2.05, 4.69) is 22.0 Å². The summed E-state index contributed by atoms with van der Waals surface area (Å²) in [7, 11) is 0. The number of carboxylic acids is 1. The van der Waals surface area contributed by atoms with E-state index >= 15 is 0 Å². The first-order chi connectivity index (χ1) is 12.6. The molecule has 1 aliphatic heterocycles. The number of carboxylic acid groups (broad SMARTS) is 1. The van der Waals surface area contributed by atoms with E-state index in [0.29, 0.717) is 17.7 Å². The second kappa shape index (κ2) is 6.84. The van der Waals surface area contributed by atoms with E-state index in [1.54, 1.807) is 12.1 Å². The summed E-state index contributed by atoms with van der Waals surface area (Å²) in [5.74, 6) is -1.40. The van der Waals surface area contributed by atoms with Crippen LogP contribution in [0.4, 0.5) is 9.52 Å². The molecule has 1 aliphatic rings. The molecule has 26 heavy (non-hydrogen) atoms. The van der Waals surface area contributed by atoms with E-state index < -0.39 is 5.97 Å². The average molecular weight is 369 g/mol. The summed E-state index contributed by atoms with van der Waals surface area (Å²) in [6, 6.07) is 7.79. The number of anilines is 1. The molecule has 0 unspecified atom stereocenters. The summed E-state index contributed by atoms with van der Waals surface area (Å²) in [5.41, 5.74) is 2.02. The van der Waals surface area contributed by atoms with Crippen molar-refractivity contribution < 1.29 is 14.3 Å². The first kappa shape index (κ1) is 16.7. The van der Waals surface area contributed by atoms with Gasteiger partial charge in [-0.2, -0.15) is 0 Å². The number of hydrogen-bond donors (Lipinski definition) is 1. The minimum atomic E-state index is -1.08. The fourth-order valence-corrected chi connectivity index (χ4v) is 4.10. The van der Waals surface area contributed by atoms with Crippen molar-refractivity contribution >= 4 is 32.7 Å². The van der Waals surface area contributed by atoms with Crippen molar-refractivity contribution in [3.63, 3.8) is 0 Å². The lowest BCUT2D eigenvalue weighted by atomic mass is 10.1. The third-order valence-corrected chi connectivity index (χ3v) is 5.32. The summed E-state index contributed by atoms with van der Waals surface area (Å²) >= 11 is 1.48. The number of aromatic nitrogens is 2. The summed E-state index contributed by atoms with van der Waals surface area (Å²) in [6.07, 6.45) is 5.57. The number of rotatable bonds is 4. The molecule has 132 valence electrons. The van der Waals surface area contributed by atoms with Crippen molar-refractivity contribution in [1.29, 1.82) is 0 Å². The zero-order valence-corrected chi connectivity index (χ0v) is 14.7. The molecule has 0 saturated heterocycles. The van der Waals surface area contributed by atoms with Crippen LogP contribution in [0.5, 0.6) is 0 Å². The number of aromatic carboxylic acids is 1. The summed E-state index contributed by atoms with van der Waals surface area (Å²) in [6.45, 7) is 1.70. The molecule has 0 amide bonds. The molecule has 7 heteroatoms. The summed E-state index contributed by atoms with van der Waals surface area (Å²) in [5, 5.41) is 9.97. The van der Waals surface area contributed by atoms with Crippen molar-refractivity contribution in [1.82, 2.24) is 9.97 Å². The highest BCUT2D eigenvalue weighted by Crippen LogP contribution is 2.33. The predicted octanol–water partition coefficient (Wildman–Crippen LogP) is 3.89. The topological polar surface area (TPSA) is 66.3 Å². The van der Waals surface area contributed by atoms with Crippen LogP contribution < -0.4 is 4.90 Å². The molecule has 2 aromatic heterocycles. The van der Waals surface area contributed by atoms with Crippen LogP contribution in [0.3, 0.4) is 0 Å². The maximum atomic E-state index is 14.1. The Morgan fingerprint density at radius 1 is 1.27 bits per heavy atom. The molecule has 0 saturated carbocycles. The Morgan fingerprint density at radius 2 is 2.15 bits per heavy atom. The van der Waals surface area contributed by atoms with Crippen LogP contribution in [-0.2, 0) is 6.42 Å². The number of benzene rings is 1. The lowest BCUT2D eigenvalue weighted by Crippen LogP contribution is -2.26. The van der Waals surface area contributed by atoms with Gasteiger partial charge in [-0.15, -0.1) is 0 Å². The number of carbonyl (C=O) groups is 1. The van der Waals surface area contributed by atoms with E-state index in [9.17, 15) is 9.18 Å². The number of nitrogens with zero attached hydrogens (tertiary/aromatic N) is 3. The maximum absolute atomic E-state index is 14.1. The van der Waals surface area contributed by atoms with E-state index in [4.69, 9.17) is 10.1 Å². The van der Waals surface area contributed by atoms with Gasteiger partial charge in [-0.25, -0.2) is 19.2 Å². The van der Waals surface area contributed by atoms with E-state index in [0.717, 1.165) is 34.9 Å². The number of halogens is 1. The molecular weight excluding hydrogens is 353 g/mol. The Labute approximate surface area is 153 Å². The second-order valence-corrected chi connectivity index (χ2v) is 7.12. The van der Waals surface area contributed by atoms with Gasteiger partial charge < -0.3 is 10.0 Å². The first-order valence-corrected chi connectivity index (χ1v) is 9.10. The molecule has 3 heterocycles. The number of thiazole rings is 1. The molecule has 5 nitrogen and oxygen atoms in total. The first-order valence-electron chi connectivity index (χ1n) is 8.28. The van der Waals surface area contributed by atoms with Crippen LogP contribution in [-0.4, -0.2) is 34.1 Å². The van der Waals surface area contributed by atoms with E-state index in [1.807, 2.05) is 0 Å². The molecule has 0 spiro atoms. The van der Waals surface area contributed by atoms with Gasteiger partial charge in [-0.05, 0) is 36.2 Å². The van der Waals surface area contributed by atoms with Crippen LogP contribution in [0.25, 0.3) is 10.2 Å². The molecule has 4 rings (SSSR count). The largest absolute Gasteiger partial charge is 0.477 e. The highest BCUT2D eigenvalue weighted by Gasteiger charge is 2.16.